The minimum Gasteiger partial charge on any atom is -0.369 e. The fraction of sp³-hybridized carbons (Fsp3) is 0.308. The normalized spacial score (nSPS) is 27.0. The van der Waals surface area contributed by atoms with E-state index in [-0.39, 0.29) is 6.10 Å². The van der Waals surface area contributed by atoms with E-state index in [2.05, 4.69) is 30.4 Å². The Morgan fingerprint density at radius 3 is 3.27 bits per heavy atom. The van der Waals surface area contributed by atoms with Crippen molar-refractivity contribution in [3.63, 3.8) is 0 Å². The van der Waals surface area contributed by atoms with Crippen LogP contribution in [0.4, 0.5) is 0 Å². The Morgan fingerprint density at radius 1 is 1.47 bits per heavy atom. The van der Waals surface area contributed by atoms with Crippen LogP contribution in [0, 0.1) is 11.3 Å². The van der Waals surface area contributed by atoms with Crippen LogP contribution >= 0.6 is 0 Å². The predicted molar refractivity (Wildman–Crippen MR) is 56.9 cm³/mol. The number of nitrogens with zero attached hydrogens (tertiary/aromatic N) is 1. The van der Waals surface area contributed by atoms with Gasteiger partial charge in [-0.15, -0.1) is 0 Å². The molecule has 0 N–H and O–H groups in total. The van der Waals surface area contributed by atoms with Crippen LogP contribution in [-0.2, 0) is 4.74 Å². The molecule has 0 aromatic carbocycles. The molecule has 74 valence electrons. The summed E-state index contributed by atoms with van der Waals surface area (Å²) in [6.45, 7) is 0.807. The van der Waals surface area contributed by atoms with Crippen LogP contribution in [0.15, 0.2) is 46.6 Å². The van der Waals surface area contributed by atoms with Gasteiger partial charge < -0.3 is 4.74 Å². The van der Waals surface area contributed by atoms with Crippen molar-refractivity contribution < 1.29 is 4.74 Å². The van der Waals surface area contributed by atoms with Gasteiger partial charge >= 0.3 is 0 Å². The van der Waals surface area contributed by atoms with Crippen molar-refractivity contribution in [2.75, 3.05) is 6.61 Å². The van der Waals surface area contributed by atoms with Crippen LogP contribution in [0.5, 0.6) is 0 Å². The van der Waals surface area contributed by atoms with Gasteiger partial charge in [0.05, 0.1) is 25.2 Å². The first-order valence-electron chi connectivity index (χ1n) is 5.21. The summed E-state index contributed by atoms with van der Waals surface area (Å²) < 4.78 is 5.61. The Labute approximate surface area is 88.8 Å². The molecule has 2 heteroatoms. The van der Waals surface area contributed by atoms with E-state index in [1.165, 1.54) is 16.7 Å². The molecule has 1 fully saturated rings. The average molecular weight is 197 g/mol. The molecule has 1 saturated heterocycles. The highest BCUT2D eigenvalue weighted by atomic mass is 16.5. The Morgan fingerprint density at radius 2 is 2.40 bits per heavy atom. The molecule has 1 heterocycles. The molecule has 0 amide bonds. The van der Waals surface area contributed by atoms with Gasteiger partial charge in [-0.25, -0.2) is 0 Å². The van der Waals surface area contributed by atoms with Gasteiger partial charge in [0.2, 0.25) is 0 Å². The fourth-order valence-corrected chi connectivity index (χ4v) is 2.47. The second kappa shape index (κ2) is 3.22. The largest absolute Gasteiger partial charge is 0.369 e. The molecule has 0 radical (unpaired) electrons. The van der Waals surface area contributed by atoms with Crippen LogP contribution in [0.3, 0.4) is 0 Å². The molecular formula is C13H11NO. The third-order valence-electron chi connectivity index (χ3n) is 3.13. The fourth-order valence-electron chi connectivity index (χ4n) is 2.47. The number of hydrogen-bond donors (Lipinski definition) is 0. The first-order valence-corrected chi connectivity index (χ1v) is 5.21. The Balaban J connectivity index is 2.07. The summed E-state index contributed by atoms with van der Waals surface area (Å²) in [4.78, 5) is 0. The van der Waals surface area contributed by atoms with E-state index in [0.29, 0.717) is 6.42 Å². The molecule has 2 aliphatic carbocycles. The van der Waals surface area contributed by atoms with Crippen LogP contribution in [0.1, 0.15) is 12.8 Å². The van der Waals surface area contributed by atoms with Crippen LogP contribution in [0.2, 0.25) is 0 Å². The molecule has 1 atom stereocenters. The molecule has 0 spiro atoms. The number of hydrogen-bond acceptors (Lipinski definition) is 2. The van der Waals surface area contributed by atoms with Gasteiger partial charge in [0, 0.05) is 0 Å². The number of ether oxygens (including phenoxy) is 1. The molecule has 3 aliphatic rings. The summed E-state index contributed by atoms with van der Waals surface area (Å²) in [6.07, 6.45) is 10.0. The lowest BCUT2D eigenvalue weighted by Gasteiger charge is -2.18. The molecule has 0 aromatic rings. The minimum absolute atomic E-state index is 0.164. The maximum Gasteiger partial charge on any atom is 0.0980 e. The average Bonchev–Trinajstić information content (AvgIpc) is 2.83. The van der Waals surface area contributed by atoms with E-state index in [1.54, 1.807) is 0 Å². The summed E-state index contributed by atoms with van der Waals surface area (Å²) in [6, 6.07) is 2.22. The maximum absolute atomic E-state index is 8.77. The summed E-state index contributed by atoms with van der Waals surface area (Å²) in [5.74, 6) is 0. The van der Waals surface area contributed by atoms with E-state index < -0.39 is 0 Å². The third-order valence-corrected chi connectivity index (χ3v) is 3.13. The quantitative estimate of drug-likeness (QED) is 0.646. The van der Waals surface area contributed by atoms with Gasteiger partial charge in [-0.05, 0) is 28.7 Å². The lowest BCUT2D eigenvalue weighted by molar-refractivity contribution is 0.155. The number of rotatable bonds is 1. The van der Waals surface area contributed by atoms with Gasteiger partial charge in [-0.2, -0.15) is 5.26 Å². The van der Waals surface area contributed by atoms with E-state index in [0.717, 1.165) is 18.6 Å². The van der Waals surface area contributed by atoms with Gasteiger partial charge in [0.15, 0.2) is 0 Å². The zero-order valence-corrected chi connectivity index (χ0v) is 8.36. The summed E-state index contributed by atoms with van der Waals surface area (Å²) in [5.41, 5.74) is 5.05. The number of allylic oxidation sites excluding steroid dienone is 6. The van der Waals surface area contributed by atoms with E-state index in [1.807, 2.05) is 0 Å². The zero-order chi connectivity index (χ0) is 10.3. The van der Waals surface area contributed by atoms with Crippen LogP contribution < -0.4 is 0 Å². The summed E-state index contributed by atoms with van der Waals surface area (Å²) in [7, 11) is 0. The van der Waals surface area contributed by atoms with Crippen molar-refractivity contribution in [2.45, 2.75) is 18.9 Å². The van der Waals surface area contributed by atoms with Crippen molar-refractivity contribution >= 4 is 0 Å². The van der Waals surface area contributed by atoms with Crippen LogP contribution in [-0.4, -0.2) is 12.7 Å². The molecule has 1 aliphatic heterocycles. The molecular weight excluding hydrogens is 186 g/mol. The van der Waals surface area contributed by atoms with Gasteiger partial charge in [0.1, 0.15) is 0 Å². The molecule has 3 rings (SSSR count). The lowest BCUT2D eigenvalue weighted by Crippen LogP contribution is -2.10. The molecule has 0 bridgehead atoms. The highest BCUT2D eigenvalue weighted by Gasteiger charge is 2.29. The maximum atomic E-state index is 8.77. The predicted octanol–water partition coefficient (Wildman–Crippen LogP) is 2.42. The van der Waals surface area contributed by atoms with Crippen LogP contribution in [0.25, 0.3) is 0 Å². The zero-order valence-electron chi connectivity index (χ0n) is 8.36. The highest BCUT2D eigenvalue weighted by molar-refractivity contribution is 5.65. The third kappa shape index (κ3) is 1.20. The second-order valence-corrected chi connectivity index (χ2v) is 3.95. The summed E-state index contributed by atoms with van der Waals surface area (Å²) >= 11 is 0. The second-order valence-electron chi connectivity index (χ2n) is 3.95. The van der Waals surface area contributed by atoms with E-state index in [9.17, 15) is 0 Å². The first-order chi connectivity index (χ1) is 7.40. The van der Waals surface area contributed by atoms with Gasteiger partial charge in [-0.1, -0.05) is 24.3 Å². The smallest absolute Gasteiger partial charge is 0.0980 e. The van der Waals surface area contributed by atoms with E-state index >= 15 is 0 Å². The Kier molecular flexibility index (Phi) is 1.87. The first kappa shape index (κ1) is 8.70. The SMILES string of the molecule is N#CCC1=CC=C2C=CC3OCCC3=C21. The van der Waals surface area contributed by atoms with Crippen molar-refractivity contribution in [2.24, 2.45) is 0 Å². The number of fused-ring (bicyclic) bond motifs is 2. The van der Waals surface area contributed by atoms with Crippen molar-refractivity contribution in [1.82, 2.24) is 0 Å². The monoisotopic (exact) mass is 197 g/mol. The lowest BCUT2D eigenvalue weighted by atomic mass is 9.88. The van der Waals surface area contributed by atoms with Gasteiger partial charge in [-0.3, -0.25) is 0 Å². The van der Waals surface area contributed by atoms with E-state index in [4.69, 9.17) is 10.00 Å². The highest BCUT2D eigenvalue weighted by Crippen LogP contribution is 2.40. The topological polar surface area (TPSA) is 33.0 Å². The Hall–Kier alpha value is -1.59. The molecule has 0 saturated carbocycles. The summed E-state index contributed by atoms with van der Waals surface area (Å²) in [5, 5.41) is 8.77. The molecule has 1 unspecified atom stereocenters. The molecule has 2 nitrogen and oxygen atoms in total. The van der Waals surface area contributed by atoms with Gasteiger partial charge in [0.25, 0.3) is 0 Å². The minimum atomic E-state index is 0.164. The number of nitriles is 1. The standard InChI is InChI=1S/C13H11NO/c14-7-5-10-2-1-9-3-4-12-11(13(9)10)6-8-15-12/h1-4,12H,5-6,8H2. The van der Waals surface area contributed by atoms with Crippen molar-refractivity contribution in [1.29, 1.82) is 5.26 Å². The van der Waals surface area contributed by atoms with Crippen molar-refractivity contribution in [3.05, 3.63) is 46.6 Å². The van der Waals surface area contributed by atoms with Crippen molar-refractivity contribution in [3.8, 4) is 6.07 Å². The molecule has 0 aromatic heterocycles. The Bertz CT molecular complexity index is 471. The molecule has 15 heavy (non-hydrogen) atoms.